The summed E-state index contributed by atoms with van der Waals surface area (Å²) in [4.78, 5) is 41.3. The van der Waals surface area contributed by atoms with Crippen LogP contribution in [0.3, 0.4) is 0 Å². The molecule has 4 rings (SSSR count). The highest BCUT2D eigenvalue weighted by Gasteiger charge is 2.49. The van der Waals surface area contributed by atoms with Crippen molar-refractivity contribution in [2.45, 2.75) is 19.3 Å². The van der Waals surface area contributed by atoms with Crippen LogP contribution in [0.1, 0.15) is 29.8 Å². The van der Waals surface area contributed by atoms with Crippen LogP contribution in [-0.4, -0.2) is 59.5 Å². The van der Waals surface area contributed by atoms with E-state index in [1.54, 1.807) is 34.1 Å². The van der Waals surface area contributed by atoms with Gasteiger partial charge in [0.05, 0.1) is 17.4 Å². The summed E-state index contributed by atoms with van der Waals surface area (Å²) in [5.74, 6) is -0.342. The Hall–Kier alpha value is -2.67. The maximum Gasteiger partial charge on any atom is 0.289 e. The number of likely N-dealkylation sites (tertiary alicyclic amines) is 2. The number of aliphatic hydroxyl groups excluding tert-OH is 1. The van der Waals surface area contributed by atoms with E-state index in [1.165, 1.54) is 6.07 Å². The van der Waals surface area contributed by atoms with E-state index in [9.17, 15) is 14.4 Å². The van der Waals surface area contributed by atoms with Gasteiger partial charge in [-0.1, -0.05) is 12.1 Å². The van der Waals surface area contributed by atoms with Crippen molar-refractivity contribution >= 4 is 22.8 Å². The Kier molecular flexibility index (Phi) is 4.47. The van der Waals surface area contributed by atoms with Crippen LogP contribution in [0, 0.1) is 5.41 Å². The lowest BCUT2D eigenvalue weighted by Crippen LogP contribution is -2.51. The van der Waals surface area contributed by atoms with Crippen LogP contribution in [0.25, 0.3) is 11.0 Å². The first-order valence-corrected chi connectivity index (χ1v) is 9.26. The zero-order chi connectivity index (χ0) is 19.0. The summed E-state index contributed by atoms with van der Waals surface area (Å²) in [6, 6.07) is 8.06. The SMILES string of the molecule is O=C(c1cc(=O)c2ccccc2o1)N1CCC2(CCCN(CCO)C2=O)C1. The number of piperidine rings is 1. The zero-order valence-electron chi connectivity index (χ0n) is 15.0. The highest BCUT2D eigenvalue weighted by atomic mass is 16.3. The van der Waals surface area contributed by atoms with Gasteiger partial charge in [-0.15, -0.1) is 0 Å². The largest absolute Gasteiger partial charge is 0.451 e. The minimum absolute atomic E-state index is 0.00576. The van der Waals surface area contributed by atoms with Gasteiger partial charge < -0.3 is 19.3 Å². The molecule has 2 aliphatic heterocycles. The molecule has 2 amide bonds. The van der Waals surface area contributed by atoms with E-state index in [4.69, 9.17) is 9.52 Å². The fraction of sp³-hybridized carbons (Fsp3) is 0.450. The number of β-amino-alcohol motifs (C(OH)–C–C–N with tert-alkyl or cyclic N) is 1. The summed E-state index contributed by atoms with van der Waals surface area (Å²) in [6.07, 6.45) is 2.19. The minimum Gasteiger partial charge on any atom is -0.451 e. The van der Waals surface area contributed by atoms with Crippen molar-refractivity contribution in [3.05, 3.63) is 46.3 Å². The fourth-order valence-corrected chi connectivity index (χ4v) is 4.28. The highest BCUT2D eigenvalue weighted by Crippen LogP contribution is 2.40. The number of fused-ring (bicyclic) bond motifs is 1. The average molecular weight is 370 g/mol. The molecule has 1 aromatic heterocycles. The number of hydrogen-bond donors (Lipinski definition) is 1. The molecular formula is C20H22N2O5. The lowest BCUT2D eigenvalue weighted by molar-refractivity contribution is -0.146. The van der Waals surface area contributed by atoms with Crippen LogP contribution < -0.4 is 5.43 Å². The van der Waals surface area contributed by atoms with Crippen molar-refractivity contribution in [1.29, 1.82) is 0 Å². The predicted molar refractivity (Wildman–Crippen MR) is 98.3 cm³/mol. The maximum atomic E-state index is 12.9. The van der Waals surface area contributed by atoms with Crippen LogP contribution >= 0.6 is 0 Å². The van der Waals surface area contributed by atoms with Crippen molar-refractivity contribution < 1.29 is 19.1 Å². The first kappa shape index (κ1) is 17.7. The van der Waals surface area contributed by atoms with E-state index in [0.717, 1.165) is 12.8 Å². The molecule has 0 saturated carbocycles. The van der Waals surface area contributed by atoms with E-state index < -0.39 is 5.41 Å². The van der Waals surface area contributed by atoms with Gasteiger partial charge in [-0.25, -0.2) is 0 Å². The Labute approximate surface area is 156 Å². The molecule has 1 N–H and O–H groups in total. The maximum absolute atomic E-state index is 12.9. The Morgan fingerprint density at radius 3 is 2.81 bits per heavy atom. The zero-order valence-corrected chi connectivity index (χ0v) is 15.0. The van der Waals surface area contributed by atoms with Gasteiger partial charge >= 0.3 is 0 Å². The molecule has 0 radical (unpaired) electrons. The van der Waals surface area contributed by atoms with Gasteiger partial charge in [0.15, 0.2) is 11.2 Å². The topological polar surface area (TPSA) is 91.1 Å². The monoisotopic (exact) mass is 370 g/mol. The number of carbonyl (C=O) groups is 2. The lowest BCUT2D eigenvalue weighted by atomic mass is 9.78. The van der Waals surface area contributed by atoms with Crippen LogP contribution in [0.2, 0.25) is 0 Å². The van der Waals surface area contributed by atoms with E-state index in [0.29, 0.717) is 43.6 Å². The summed E-state index contributed by atoms with van der Waals surface area (Å²) in [5, 5.41) is 9.61. The molecule has 1 aromatic carbocycles. The van der Waals surface area contributed by atoms with Crippen LogP contribution in [-0.2, 0) is 4.79 Å². The van der Waals surface area contributed by atoms with E-state index in [2.05, 4.69) is 0 Å². The molecule has 2 aliphatic rings. The van der Waals surface area contributed by atoms with Crippen LogP contribution in [0.4, 0.5) is 0 Å². The first-order valence-electron chi connectivity index (χ1n) is 9.26. The molecule has 7 nitrogen and oxygen atoms in total. The second-order valence-corrected chi connectivity index (χ2v) is 7.35. The average Bonchev–Trinajstić information content (AvgIpc) is 3.10. The minimum atomic E-state index is -0.583. The van der Waals surface area contributed by atoms with E-state index >= 15 is 0 Å². The number of nitrogens with zero attached hydrogens (tertiary/aromatic N) is 2. The second kappa shape index (κ2) is 6.81. The number of aliphatic hydroxyl groups is 1. The number of benzene rings is 1. The lowest BCUT2D eigenvalue weighted by Gasteiger charge is -2.39. The molecule has 142 valence electrons. The van der Waals surface area contributed by atoms with Gasteiger partial charge in [-0.2, -0.15) is 0 Å². The van der Waals surface area contributed by atoms with Gasteiger partial charge in [-0.3, -0.25) is 14.4 Å². The van der Waals surface area contributed by atoms with Crippen molar-refractivity contribution in [2.24, 2.45) is 5.41 Å². The van der Waals surface area contributed by atoms with Gasteiger partial charge in [0.2, 0.25) is 5.91 Å². The molecule has 1 unspecified atom stereocenters. The number of para-hydroxylation sites is 1. The molecule has 0 bridgehead atoms. The summed E-state index contributed by atoms with van der Waals surface area (Å²) < 4.78 is 5.66. The summed E-state index contributed by atoms with van der Waals surface area (Å²) in [5.41, 5.74) is -0.456. The van der Waals surface area contributed by atoms with E-state index in [1.807, 2.05) is 0 Å². The standard InChI is InChI=1S/C20H22N2O5/c23-11-10-21-8-3-6-20(19(21)26)7-9-22(13-20)18(25)17-12-15(24)14-4-1-2-5-16(14)27-17/h1-2,4-5,12,23H,3,6-11,13H2. The fourth-order valence-electron chi connectivity index (χ4n) is 4.28. The molecular weight excluding hydrogens is 348 g/mol. The Morgan fingerprint density at radius 2 is 2.00 bits per heavy atom. The van der Waals surface area contributed by atoms with Crippen molar-refractivity contribution in [2.75, 3.05) is 32.8 Å². The van der Waals surface area contributed by atoms with Gasteiger partial charge in [0.25, 0.3) is 5.91 Å². The Bertz CT molecular complexity index is 951. The third kappa shape index (κ3) is 3.02. The molecule has 27 heavy (non-hydrogen) atoms. The molecule has 1 spiro atoms. The van der Waals surface area contributed by atoms with Crippen molar-refractivity contribution in [1.82, 2.24) is 9.80 Å². The summed E-state index contributed by atoms with van der Waals surface area (Å²) >= 11 is 0. The van der Waals surface area contributed by atoms with Gasteiger partial charge in [-0.05, 0) is 31.4 Å². The third-order valence-corrected chi connectivity index (χ3v) is 5.68. The second-order valence-electron chi connectivity index (χ2n) is 7.35. The first-order chi connectivity index (χ1) is 13.0. The quantitative estimate of drug-likeness (QED) is 0.878. The van der Waals surface area contributed by atoms with Gasteiger partial charge in [0, 0.05) is 32.2 Å². The molecule has 7 heteroatoms. The number of amides is 2. The number of carbonyl (C=O) groups excluding carboxylic acids is 2. The van der Waals surface area contributed by atoms with Gasteiger partial charge in [0.1, 0.15) is 5.58 Å². The smallest absolute Gasteiger partial charge is 0.289 e. The number of hydrogen-bond acceptors (Lipinski definition) is 5. The van der Waals surface area contributed by atoms with Crippen LogP contribution in [0.15, 0.2) is 39.5 Å². The highest BCUT2D eigenvalue weighted by molar-refractivity contribution is 5.94. The van der Waals surface area contributed by atoms with Crippen molar-refractivity contribution in [3.8, 4) is 0 Å². The van der Waals surface area contributed by atoms with Crippen molar-refractivity contribution in [3.63, 3.8) is 0 Å². The molecule has 2 saturated heterocycles. The molecule has 3 heterocycles. The molecule has 1 atom stereocenters. The normalized spacial score (nSPS) is 22.8. The third-order valence-electron chi connectivity index (χ3n) is 5.68. The molecule has 2 aromatic rings. The molecule has 2 fully saturated rings. The summed E-state index contributed by atoms with van der Waals surface area (Å²) in [6.45, 7) is 1.69. The predicted octanol–water partition coefficient (Wildman–Crippen LogP) is 1.24. The Morgan fingerprint density at radius 1 is 1.19 bits per heavy atom. The van der Waals surface area contributed by atoms with Crippen LogP contribution in [0.5, 0.6) is 0 Å². The Balaban J connectivity index is 1.58. The summed E-state index contributed by atoms with van der Waals surface area (Å²) in [7, 11) is 0. The molecule has 0 aliphatic carbocycles. The number of rotatable bonds is 3. The van der Waals surface area contributed by atoms with E-state index in [-0.39, 0.29) is 29.6 Å².